The maximum Gasteiger partial charge on any atom is 0.290 e. The third-order valence-corrected chi connectivity index (χ3v) is 6.62. The van der Waals surface area contributed by atoms with Gasteiger partial charge in [-0.15, -0.1) is 0 Å². The number of aliphatic hydroxyl groups is 1. The molecule has 1 amide bonds. The van der Waals surface area contributed by atoms with Crippen LogP contribution in [0.3, 0.4) is 0 Å². The van der Waals surface area contributed by atoms with Crippen LogP contribution in [-0.2, 0) is 16.0 Å². The second-order valence-electron chi connectivity index (χ2n) is 8.82. The standard InChI is InChI=1S/C31H31NO7/c1-36-22-12-15-25(37-2)23(19-22)29-28(24(33)13-10-20-8-6-5-7-9-20)30(34)31(35)32(29)17-16-21-11-14-26(38-3)27(18-21)39-4/h5-15,18-19,29,34H,16-17H2,1-4H3/b13-10+. The van der Waals surface area contributed by atoms with Crippen molar-refractivity contribution in [2.75, 3.05) is 35.0 Å². The van der Waals surface area contributed by atoms with Crippen LogP contribution in [0.4, 0.5) is 0 Å². The molecule has 0 aliphatic carbocycles. The summed E-state index contributed by atoms with van der Waals surface area (Å²) < 4.78 is 21.7. The molecule has 202 valence electrons. The first-order valence-corrected chi connectivity index (χ1v) is 12.4. The zero-order valence-corrected chi connectivity index (χ0v) is 22.3. The molecule has 8 nitrogen and oxygen atoms in total. The van der Waals surface area contributed by atoms with Gasteiger partial charge in [-0.1, -0.05) is 42.5 Å². The highest BCUT2D eigenvalue weighted by Crippen LogP contribution is 2.43. The summed E-state index contributed by atoms with van der Waals surface area (Å²) in [4.78, 5) is 28.4. The first-order chi connectivity index (χ1) is 18.9. The van der Waals surface area contributed by atoms with Crippen LogP contribution < -0.4 is 18.9 Å². The van der Waals surface area contributed by atoms with Gasteiger partial charge in [-0.05, 0) is 54.0 Å². The Kier molecular flexibility index (Phi) is 8.56. The lowest BCUT2D eigenvalue weighted by molar-refractivity contribution is -0.129. The molecule has 8 heteroatoms. The predicted molar refractivity (Wildman–Crippen MR) is 147 cm³/mol. The van der Waals surface area contributed by atoms with Gasteiger partial charge in [0.15, 0.2) is 23.0 Å². The summed E-state index contributed by atoms with van der Waals surface area (Å²) in [6.45, 7) is 0.211. The van der Waals surface area contributed by atoms with E-state index in [0.29, 0.717) is 35.0 Å². The molecule has 3 aromatic rings. The van der Waals surface area contributed by atoms with Gasteiger partial charge in [0, 0.05) is 12.1 Å². The number of allylic oxidation sites excluding steroid dienone is 1. The third kappa shape index (κ3) is 5.75. The highest BCUT2D eigenvalue weighted by Gasteiger charge is 2.44. The Balaban J connectivity index is 1.73. The molecular formula is C31H31NO7. The molecular weight excluding hydrogens is 498 g/mol. The fourth-order valence-corrected chi connectivity index (χ4v) is 4.62. The van der Waals surface area contributed by atoms with Gasteiger partial charge < -0.3 is 29.0 Å². The van der Waals surface area contributed by atoms with Gasteiger partial charge in [-0.3, -0.25) is 9.59 Å². The quantitative estimate of drug-likeness (QED) is 0.352. The number of ketones is 1. The number of hydrogen-bond donors (Lipinski definition) is 1. The summed E-state index contributed by atoms with van der Waals surface area (Å²) in [6, 6.07) is 19.1. The topological polar surface area (TPSA) is 94.5 Å². The number of benzene rings is 3. The minimum atomic E-state index is -0.893. The Labute approximate surface area is 227 Å². The fraction of sp³-hybridized carbons (Fsp3) is 0.226. The Morgan fingerprint density at radius 3 is 2.23 bits per heavy atom. The van der Waals surface area contributed by atoms with Crippen molar-refractivity contribution in [1.29, 1.82) is 0 Å². The van der Waals surface area contributed by atoms with Crippen molar-refractivity contribution < 1.29 is 33.6 Å². The summed E-state index contributed by atoms with van der Waals surface area (Å²) in [5, 5.41) is 11.0. The van der Waals surface area contributed by atoms with E-state index in [9.17, 15) is 14.7 Å². The average Bonchev–Trinajstić information content (AvgIpc) is 3.23. The van der Waals surface area contributed by atoms with Gasteiger partial charge in [0.05, 0.1) is 40.1 Å². The minimum Gasteiger partial charge on any atom is -0.503 e. The normalized spacial score (nSPS) is 15.1. The third-order valence-electron chi connectivity index (χ3n) is 6.62. The van der Waals surface area contributed by atoms with Crippen LogP contribution in [0.1, 0.15) is 22.7 Å². The highest BCUT2D eigenvalue weighted by atomic mass is 16.5. The van der Waals surface area contributed by atoms with Crippen molar-refractivity contribution >= 4 is 17.8 Å². The largest absolute Gasteiger partial charge is 0.503 e. The van der Waals surface area contributed by atoms with Gasteiger partial charge in [0.2, 0.25) is 0 Å². The van der Waals surface area contributed by atoms with Crippen molar-refractivity contribution in [2.24, 2.45) is 0 Å². The summed E-state index contributed by atoms with van der Waals surface area (Å²) >= 11 is 0. The minimum absolute atomic E-state index is 0.0222. The van der Waals surface area contributed by atoms with Crippen molar-refractivity contribution in [3.8, 4) is 23.0 Å². The van der Waals surface area contributed by atoms with Crippen LogP contribution in [0, 0.1) is 0 Å². The lowest BCUT2D eigenvalue weighted by atomic mass is 9.94. The number of carbonyl (C=O) groups excluding carboxylic acids is 2. The number of ether oxygens (including phenoxy) is 4. The molecule has 0 saturated heterocycles. The molecule has 0 aromatic heterocycles. The summed E-state index contributed by atoms with van der Waals surface area (Å²) in [5.74, 6) is 0.439. The van der Waals surface area contributed by atoms with Crippen LogP contribution in [0.15, 0.2) is 84.1 Å². The van der Waals surface area contributed by atoms with E-state index in [1.165, 1.54) is 25.2 Å². The van der Waals surface area contributed by atoms with E-state index in [0.717, 1.165) is 11.1 Å². The molecule has 4 rings (SSSR count). The van der Waals surface area contributed by atoms with E-state index in [4.69, 9.17) is 18.9 Å². The van der Waals surface area contributed by atoms with Gasteiger partial charge in [-0.25, -0.2) is 0 Å². The maximum absolute atomic E-state index is 13.5. The van der Waals surface area contributed by atoms with Crippen LogP contribution in [0.5, 0.6) is 23.0 Å². The Hall–Kier alpha value is -4.72. The van der Waals surface area contributed by atoms with E-state index < -0.39 is 23.5 Å². The van der Waals surface area contributed by atoms with Gasteiger partial charge in [0.25, 0.3) is 5.91 Å². The maximum atomic E-state index is 13.5. The summed E-state index contributed by atoms with van der Waals surface area (Å²) in [7, 11) is 6.16. The molecule has 1 heterocycles. The second-order valence-corrected chi connectivity index (χ2v) is 8.82. The molecule has 0 spiro atoms. The Morgan fingerprint density at radius 1 is 0.872 bits per heavy atom. The molecule has 0 radical (unpaired) electrons. The average molecular weight is 530 g/mol. The highest BCUT2D eigenvalue weighted by molar-refractivity contribution is 6.14. The Morgan fingerprint density at radius 2 is 1.56 bits per heavy atom. The van der Waals surface area contributed by atoms with Crippen molar-refractivity contribution in [3.63, 3.8) is 0 Å². The molecule has 39 heavy (non-hydrogen) atoms. The van der Waals surface area contributed by atoms with E-state index >= 15 is 0 Å². The smallest absolute Gasteiger partial charge is 0.290 e. The van der Waals surface area contributed by atoms with E-state index in [-0.39, 0.29) is 12.1 Å². The SMILES string of the molecule is COc1ccc(OC)c(C2C(C(=O)/C=C/c3ccccc3)=C(O)C(=O)N2CCc2ccc(OC)c(OC)c2)c1. The van der Waals surface area contributed by atoms with E-state index in [2.05, 4.69) is 0 Å². The van der Waals surface area contributed by atoms with Crippen LogP contribution in [0.25, 0.3) is 6.08 Å². The van der Waals surface area contributed by atoms with Crippen LogP contribution in [0.2, 0.25) is 0 Å². The summed E-state index contributed by atoms with van der Waals surface area (Å²) in [5.41, 5.74) is 2.21. The molecule has 0 saturated carbocycles. The first kappa shape index (κ1) is 27.3. The Bertz CT molecular complexity index is 1410. The monoisotopic (exact) mass is 529 g/mol. The molecule has 1 unspecified atom stereocenters. The van der Waals surface area contributed by atoms with Crippen LogP contribution >= 0.6 is 0 Å². The lowest BCUT2D eigenvalue weighted by Gasteiger charge is -2.28. The number of hydrogen-bond acceptors (Lipinski definition) is 7. The number of carbonyl (C=O) groups is 2. The predicted octanol–water partition coefficient (Wildman–Crippen LogP) is 4.94. The zero-order valence-electron chi connectivity index (χ0n) is 22.3. The fourth-order valence-electron chi connectivity index (χ4n) is 4.62. The molecule has 3 aromatic carbocycles. The number of aliphatic hydroxyl groups excluding tert-OH is 1. The summed E-state index contributed by atoms with van der Waals surface area (Å²) in [6.07, 6.45) is 3.45. The van der Waals surface area contributed by atoms with E-state index in [1.54, 1.807) is 44.6 Å². The van der Waals surface area contributed by atoms with Gasteiger partial charge in [-0.2, -0.15) is 0 Å². The molecule has 1 aliphatic rings. The van der Waals surface area contributed by atoms with Gasteiger partial charge >= 0.3 is 0 Å². The molecule has 0 bridgehead atoms. The van der Waals surface area contributed by atoms with Crippen molar-refractivity contribution in [2.45, 2.75) is 12.5 Å². The zero-order chi connectivity index (χ0) is 27.9. The lowest BCUT2D eigenvalue weighted by Crippen LogP contribution is -2.33. The number of rotatable bonds is 11. The molecule has 1 N–H and O–H groups in total. The van der Waals surface area contributed by atoms with E-state index in [1.807, 2.05) is 42.5 Å². The van der Waals surface area contributed by atoms with Crippen molar-refractivity contribution in [3.05, 3.63) is 101 Å². The molecule has 1 aliphatic heterocycles. The van der Waals surface area contributed by atoms with Crippen molar-refractivity contribution in [1.82, 2.24) is 4.90 Å². The van der Waals surface area contributed by atoms with Gasteiger partial charge in [0.1, 0.15) is 11.5 Å². The number of methoxy groups -OCH3 is 4. The molecule has 1 atom stereocenters. The first-order valence-electron chi connectivity index (χ1n) is 12.4. The number of nitrogens with zero attached hydrogens (tertiary/aromatic N) is 1. The second kappa shape index (κ2) is 12.2. The number of amides is 1. The van der Waals surface area contributed by atoms with Crippen LogP contribution in [-0.4, -0.2) is 56.7 Å². The molecule has 0 fully saturated rings.